The maximum atomic E-state index is 11.5. The number of carbonyl (C=O) groups is 2. The average molecular weight is 215 g/mol. The third-order valence-corrected chi connectivity index (χ3v) is 1.93. The molecule has 3 heteroatoms. The summed E-state index contributed by atoms with van der Waals surface area (Å²) in [6.07, 6.45) is 5.31. The van der Waals surface area contributed by atoms with Gasteiger partial charge >= 0.3 is 0 Å². The number of hydrogen-bond acceptors (Lipinski definition) is 2. The number of allylic oxidation sites excluding steroid dienone is 3. The molecule has 0 saturated carbocycles. The van der Waals surface area contributed by atoms with Gasteiger partial charge in [0.05, 0.1) is 0 Å². The first-order valence-corrected chi connectivity index (χ1v) is 4.88. The van der Waals surface area contributed by atoms with E-state index in [-0.39, 0.29) is 5.91 Å². The molecule has 0 aliphatic heterocycles. The van der Waals surface area contributed by atoms with Crippen LogP contribution in [0.1, 0.15) is 17.3 Å². The van der Waals surface area contributed by atoms with Crippen LogP contribution >= 0.6 is 0 Å². The Labute approximate surface area is 94.5 Å². The Kier molecular flexibility index (Phi) is 4.73. The van der Waals surface area contributed by atoms with E-state index in [9.17, 15) is 9.59 Å². The van der Waals surface area contributed by atoms with Gasteiger partial charge in [0.1, 0.15) is 6.29 Å². The Morgan fingerprint density at radius 3 is 2.56 bits per heavy atom. The van der Waals surface area contributed by atoms with Gasteiger partial charge in [-0.05, 0) is 36.8 Å². The van der Waals surface area contributed by atoms with Crippen LogP contribution in [0.15, 0.2) is 54.3 Å². The van der Waals surface area contributed by atoms with E-state index < -0.39 is 0 Å². The first-order chi connectivity index (χ1) is 7.74. The van der Waals surface area contributed by atoms with Gasteiger partial charge in [-0.25, -0.2) is 0 Å². The lowest BCUT2D eigenvalue weighted by Crippen LogP contribution is -2.16. The highest BCUT2D eigenvalue weighted by atomic mass is 16.1. The van der Waals surface area contributed by atoms with Crippen LogP contribution in [0.2, 0.25) is 0 Å². The van der Waals surface area contributed by atoms with Crippen molar-refractivity contribution in [2.75, 3.05) is 0 Å². The normalized spacial score (nSPS) is 11.4. The van der Waals surface area contributed by atoms with Gasteiger partial charge in [-0.3, -0.25) is 9.59 Å². The van der Waals surface area contributed by atoms with Crippen LogP contribution < -0.4 is 5.32 Å². The van der Waals surface area contributed by atoms with E-state index in [4.69, 9.17) is 0 Å². The smallest absolute Gasteiger partial charge is 0.255 e. The molecule has 1 aromatic rings. The molecular weight excluding hydrogens is 202 g/mol. The zero-order chi connectivity index (χ0) is 11.8. The van der Waals surface area contributed by atoms with E-state index >= 15 is 0 Å². The Bertz CT molecular complexity index is 419. The molecule has 1 rings (SSSR count). The summed E-state index contributed by atoms with van der Waals surface area (Å²) in [4.78, 5) is 21.7. The van der Waals surface area contributed by atoms with Gasteiger partial charge < -0.3 is 5.32 Å². The molecule has 0 spiro atoms. The van der Waals surface area contributed by atoms with Crippen molar-refractivity contribution in [1.82, 2.24) is 5.32 Å². The van der Waals surface area contributed by atoms with Gasteiger partial charge in [0.15, 0.2) is 0 Å². The molecule has 0 aliphatic rings. The Morgan fingerprint density at radius 2 is 1.94 bits per heavy atom. The third-order valence-electron chi connectivity index (χ3n) is 1.93. The maximum Gasteiger partial charge on any atom is 0.255 e. The van der Waals surface area contributed by atoms with Gasteiger partial charge in [0.2, 0.25) is 0 Å². The Morgan fingerprint density at radius 1 is 1.25 bits per heavy atom. The SMILES string of the molecule is CC(/C=C/NC(=O)c1ccccc1)=C\C=O. The minimum absolute atomic E-state index is 0.171. The lowest BCUT2D eigenvalue weighted by molar-refractivity contribution is -0.104. The molecule has 1 amide bonds. The van der Waals surface area contributed by atoms with Crippen LogP contribution in [-0.2, 0) is 4.79 Å². The highest BCUT2D eigenvalue weighted by Gasteiger charge is 1.99. The number of nitrogens with one attached hydrogen (secondary N) is 1. The second-order valence-electron chi connectivity index (χ2n) is 3.22. The summed E-state index contributed by atoms with van der Waals surface area (Å²) < 4.78 is 0. The molecule has 3 nitrogen and oxygen atoms in total. The van der Waals surface area contributed by atoms with E-state index in [1.807, 2.05) is 6.07 Å². The Balaban J connectivity index is 2.54. The molecule has 0 aromatic heterocycles. The van der Waals surface area contributed by atoms with E-state index in [0.29, 0.717) is 11.8 Å². The molecule has 1 aromatic carbocycles. The molecule has 16 heavy (non-hydrogen) atoms. The van der Waals surface area contributed by atoms with Crippen molar-refractivity contribution >= 4 is 12.2 Å². The maximum absolute atomic E-state index is 11.5. The molecule has 0 heterocycles. The topological polar surface area (TPSA) is 46.2 Å². The fourth-order valence-electron chi connectivity index (χ4n) is 1.08. The molecule has 0 atom stereocenters. The van der Waals surface area contributed by atoms with Crippen molar-refractivity contribution in [3.05, 3.63) is 59.8 Å². The molecule has 1 N–H and O–H groups in total. The average Bonchev–Trinajstić information content (AvgIpc) is 2.30. The van der Waals surface area contributed by atoms with E-state index in [1.54, 1.807) is 37.3 Å². The van der Waals surface area contributed by atoms with Crippen molar-refractivity contribution in [3.63, 3.8) is 0 Å². The molecule has 0 radical (unpaired) electrons. The predicted molar refractivity (Wildman–Crippen MR) is 62.9 cm³/mol. The number of benzene rings is 1. The van der Waals surface area contributed by atoms with Crippen molar-refractivity contribution in [2.45, 2.75) is 6.92 Å². The highest BCUT2D eigenvalue weighted by molar-refractivity contribution is 5.94. The molecule has 0 unspecified atom stereocenters. The fourth-order valence-corrected chi connectivity index (χ4v) is 1.08. The molecule has 0 bridgehead atoms. The second kappa shape index (κ2) is 6.35. The monoisotopic (exact) mass is 215 g/mol. The lowest BCUT2D eigenvalue weighted by atomic mass is 10.2. The van der Waals surface area contributed by atoms with Crippen LogP contribution in [0.4, 0.5) is 0 Å². The van der Waals surface area contributed by atoms with Gasteiger partial charge in [-0.2, -0.15) is 0 Å². The van der Waals surface area contributed by atoms with Crippen LogP contribution in [-0.4, -0.2) is 12.2 Å². The van der Waals surface area contributed by atoms with Gasteiger partial charge in [-0.15, -0.1) is 0 Å². The summed E-state index contributed by atoms with van der Waals surface area (Å²) >= 11 is 0. The second-order valence-corrected chi connectivity index (χ2v) is 3.22. The standard InChI is InChI=1S/C13H13NO2/c1-11(8-10-15)7-9-14-13(16)12-5-3-2-4-6-12/h2-10H,1H3,(H,14,16)/b9-7+,11-8+. The van der Waals surface area contributed by atoms with Crippen LogP contribution in [0.3, 0.4) is 0 Å². The summed E-state index contributed by atoms with van der Waals surface area (Å²) in [5.74, 6) is -0.171. The van der Waals surface area contributed by atoms with E-state index in [0.717, 1.165) is 5.57 Å². The predicted octanol–water partition coefficient (Wildman–Crippen LogP) is 2.08. The van der Waals surface area contributed by atoms with Crippen LogP contribution in [0.5, 0.6) is 0 Å². The molecule has 0 fully saturated rings. The summed E-state index contributed by atoms with van der Waals surface area (Å²) in [6.45, 7) is 1.78. The van der Waals surface area contributed by atoms with Gasteiger partial charge in [-0.1, -0.05) is 18.2 Å². The van der Waals surface area contributed by atoms with E-state index in [2.05, 4.69) is 5.32 Å². The number of aldehydes is 1. The van der Waals surface area contributed by atoms with Crippen molar-refractivity contribution in [2.24, 2.45) is 0 Å². The van der Waals surface area contributed by atoms with Crippen LogP contribution in [0, 0.1) is 0 Å². The lowest BCUT2D eigenvalue weighted by Gasteiger charge is -1.98. The minimum Gasteiger partial charge on any atom is -0.329 e. The van der Waals surface area contributed by atoms with Crippen LogP contribution in [0.25, 0.3) is 0 Å². The summed E-state index contributed by atoms with van der Waals surface area (Å²) in [5.41, 5.74) is 1.38. The number of carbonyl (C=O) groups excluding carboxylic acids is 2. The zero-order valence-corrected chi connectivity index (χ0v) is 9.01. The number of amides is 1. The molecular formula is C13H13NO2. The summed E-state index contributed by atoms with van der Waals surface area (Å²) in [6, 6.07) is 8.92. The highest BCUT2D eigenvalue weighted by Crippen LogP contribution is 1.98. The minimum atomic E-state index is -0.171. The Hall–Kier alpha value is -2.16. The number of rotatable bonds is 4. The molecule has 82 valence electrons. The van der Waals surface area contributed by atoms with E-state index in [1.165, 1.54) is 12.3 Å². The third kappa shape index (κ3) is 3.92. The quantitative estimate of drug-likeness (QED) is 0.475. The van der Waals surface area contributed by atoms with Crippen molar-refractivity contribution in [3.8, 4) is 0 Å². The summed E-state index contributed by atoms with van der Waals surface area (Å²) in [7, 11) is 0. The molecule has 0 aliphatic carbocycles. The number of hydrogen-bond donors (Lipinski definition) is 1. The van der Waals surface area contributed by atoms with Crippen molar-refractivity contribution in [1.29, 1.82) is 0 Å². The zero-order valence-electron chi connectivity index (χ0n) is 9.01. The first-order valence-electron chi connectivity index (χ1n) is 4.88. The van der Waals surface area contributed by atoms with Crippen molar-refractivity contribution < 1.29 is 9.59 Å². The van der Waals surface area contributed by atoms with Gasteiger partial charge in [0.25, 0.3) is 5.91 Å². The van der Waals surface area contributed by atoms with Gasteiger partial charge in [0, 0.05) is 11.8 Å². The largest absolute Gasteiger partial charge is 0.329 e. The molecule has 0 saturated heterocycles. The first kappa shape index (κ1) is 11.9. The fraction of sp³-hybridized carbons (Fsp3) is 0.0769. The summed E-state index contributed by atoms with van der Waals surface area (Å²) in [5, 5.41) is 2.61.